The van der Waals surface area contributed by atoms with Crippen molar-refractivity contribution in [1.82, 2.24) is 0 Å². The maximum Gasteiger partial charge on any atom is 0.114 e. The summed E-state index contributed by atoms with van der Waals surface area (Å²) in [7, 11) is 0. The minimum Gasteiger partial charge on any atom is -0.468 e. The highest BCUT2D eigenvalue weighted by Crippen LogP contribution is 2.43. The molecule has 18 heavy (non-hydrogen) atoms. The predicted molar refractivity (Wildman–Crippen MR) is 82.3 cm³/mol. The molecule has 0 aliphatic carbocycles. The Balaban J connectivity index is 2.23. The Morgan fingerprint density at radius 1 is 1.44 bits per heavy atom. The normalized spacial score (nSPS) is 14.7. The Morgan fingerprint density at radius 2 is 2.22 bits per heavy atom. The Hall–Kier alpha value is -0.230. The van der Waals surface area contributed by atoms with E-state index in [9.17, 15) is 0 Å². The minimum atomic E-state index is 0.148. The van der Waals surface area contributed by atoms with E-state index in [1.54, 1.807) is 29.4 Å². The van der Waals surface area contributed by atoms with Crippen molar-refractivity contribution in [3.05, 3.63) is 38.9 Å². The van der Waals surface area contributed by atoms with Crippen LogP contribution in [0.5, 0.6) is 0 Å². The van der Waals surface area contributed by atoms with E-state index in [-0.39, 0.29) is 11.3 Å². The van der Waals surface area contributed by atoms with Crippen LogP contribution in [0.4, 0.5) is 0 Å². The van der Waals surface area contributed by atoms with Crippen molar-refractivity contribution in [2.45, 2.75) is 36.5 Å². The van der Waals surface area contributed by atoms with Crippen molar-refractivity contribution in [2.75, 3.05) is 0 Å². The van der Waals surface area contributed by atoms with Crippen LogP contribution in [-0.4, -0.2) is 6.04 Å². The first-order chi connectivity index (χ1) is 8.61. The van der Waals surface area contributed by atoms with Gasteiger partial charge in [0.15, 0.2) is 0 Å². The summed E-state index contributed by atoms with van der Waals surface area (Å²) in [6.45, 7) is 4.12. The molecule has 2 rings (SSSR count). The highest BCUT2D eigenvalue weighted by atomic mass is 79.9. The van der Waals surface area contributed by atoms with Gasteiger partial charge in [0.25, 0.3) is 0 Å². The first kappa shape index (κ1) is 14.2. The van der Waals surface area contributed by atoms with E-state index in [2.05, 4.69) is 35.0 Å². The molecule has 0 saturated heterocycles. The second-order valence-corrected chi connectivity index (χ2v) is 7.77. The Bertz CT molecular complexity index is 509. The van der Waals surface area contributed by atoms with Gasteiger partial charge in [-0.05, 0) is 47.5 Å². The average Bonchev–Trinajstić information content (AvgIpc) is 2.94. The first-order valence-corrected chi connectivity index (χ1v) is 8.32. The lowest BCUT2D eigenvalue weighted by Gasteiger charge is -2.20. The van der Waals surface area contributed by atoms with Crippen LogP contribution in [0.1, 0.15) is 29.2 Å². The summed E-state index contributed by atoms with van der Waals surface area (Å²) < 4.78 is 6.50. The molecule has 2 aromatic heterocycles. The fourth-order valence-electron chi connectivity index (χ4n) is 1.68. The van der Waals surface area contributed by atoms with Crippen LogP contribution in [0, 0.1) is 6.92 Å². The van der Waals surface area contributed by atoms with E-state index < -0.39 is 0 Å². The van der Waals surface area contributed by atoms with Gasteiger partial charge in [-0.1, -0.05) is 6.92 Å². The maximum absolute atomic E-state index is 6.27. The summed E-state index contributed by atoms with van der Waals surface area (Å²) in [6.07, 6.45) is 2.70. The predicted octanol–water partition coefficient (Wildman–Crippen LogP) is 4.98. The zero-order valence-corrected chi connectivity index (χ0v) is 13.6. The summed E-state index contributed by atoms with van der Waals surface area (Å²) in [5.41, 5.74) is 6.27. The SMILES string of the molecule is CCC(N)C(Sc1ccoc1C)c1ccc(Br)s1. The van der Waals surface area contributed by atoms with Crippen LogP contribution < -0.4 is 5.73 Å². The van der Waals surface area contributed by atoms with Crippen LogP contribution in [0.15, 0.2) is 37.6 Å². The molecule has 2 unspecified atom stereocenters. The van der Waals surface area contributed by atoms with Crippen LogP contribution in [-0.2, 0) is 0 Å². The number of aryl methyl sites for hydroxylation is 1. The van der Waals surface area contributed by atoms with Gasteiger partial charge in [-0.2, -0.15) is 0 Å². The summed E-state index contributed by atoms with van der Waals surface area (Å²) in [4.78, 5) is 2.48. The lowest BCUT2D eigenvalue weighted by atomic mass is 10.1. The standard InChI is InChI=1S/C13H16BrNOS2/c1-3-9(15)13(11-4-5-12(14)17-11)18-10-6-7-16-8(10)2/h4-7,9,13H,3,15H2,1-2H3. The third-order valence-corrected chi connectivity index (χ3v) is 6.19. The summed E-state index contributed by atoms with van der Waals surface area (Å²) >= 11 is 7.06. The van der Waals surface area contributed by atoms with Gasteiger partial charge in [0.1, 0.15) is 5.76 Å². The third kappa shape index (κ3) is 3.20. The summed E-state index contributed by atoms with van der Waals surface area (Å²) in [5.74, 6) is 0.962. The number of nitrogens with two attached hydrogens (primary N) is 1. The number of hydrogen-bond acceptors (Lipinski definition) is 4. The van der Waals surface area contributed by atoms with E-state index in [1.165, 1.54) is 9.77 Å². The fourth-order valence-corrected chi connectivity index (χ4v) is 4.64. The molecule has 98 valence electrons. The zero-order valence-electron chi connectivity index (χ0n) is 10.4. The number of thioether (sulfide) groups is 1. The van der Waals surface area contributed by atoms with Crippen molar-refractivity contribution in [2.24, 2.45) is 5.73 Å². The van der Waals surface area contributed by atoms with Crippen LogP contribution >= 0.6 is 39.0 Å². The van der Waals surface area contributed by atoms with Gasteiger partial charge in [-0.25, -0.2) is 0 Å². The molecule has 0 amide bonds. The van der Waals surface area contributed by atoms with Crippen LogP contribution in [0.2, 0.25) is 0 Å². The molecule has 0 aromatic carbocycles. The van der Waals surface area contributed by atoms with Gasteiger partial charge in [0.05, 0.1) is 15.3 Å². The van der Waals surface area contributed by atoms with Gasteiger partial charge in [0.2, 0.25) is 0 Å². The maximum atomic E-state index is 6.27. The van der Waals surface area contributed by atoms with E-state index in [0.717, 1.165) is 16.0 Å². The smallest absolute Gasteiger partial charge is 0.114 e. The van der Waals surface area contributed by atoms with Crippen LogP contribution in [0.25, 0.3) is 0 Å². The Morgan fingerprint density at radius 3 is 2.72 bits per heavy atom. The molecule has 0 bridgehead atoms. The number of halogens is 1. The topological polar surface area (TPSA) is 39.2 Å². The number of thiophene rings is 1. The molecule has 0 aliphatic rings. The monoisotopic (exact) mass is 345 g/mol. The summed E-state index contributed by atoms with van der Waals surface area (Å²) in [6, 6.07) is 6.39. The molecule has 2 aromatic rings. The first-order valence-electron chi connectivity index (χ1n) is 5.83. The molecule has 0 fully saturated rings. The molecular formula is C13H16BrNOS2. The Kier molecular flexibility index (Phi) is 4.95. The zero-order chi connectivity index (χ0) is 13.1. The summed E-state index contributed by atoms with van der Waals surface area (Å²) in [5, 5.41) is 0.280. The third-order valence-electron chi connectivity index (χ3n) is 2.80. The van der Waals surface area contributed by atoms with E-state index in [4.69, 9.17) is 10.2 Å². The van der Waals surface area contributed by atoms with Gasteiger partial charge >= 0.3 is 0 Å². The average molecular weight is 346 g/mol. The van der Waals surface area contributed by atoms with Gasteiger partial charge in [-0.15, -0.1) is 23.1 Å². The van der Waals surface area contributed by atoms with Crippen molar-refractivity contribution in [3.63, 3.8) is 0 Å². The molecule has 2 nitrogen and oxygen atoms in total. The second-order valence-electron chi connectivity index (χ2n) is 4.09. The fraction of sp³-hybridized carbons (Fsp3) is 0.385. The van der Waals surface area contributed by atoms with Crippen molar-refractivity contribution in [1.29, 1.82) is 0 Å². The van der Waals surface area contributed by atoms with Crippen molar-refractivity contribution in [3.8, 4) is 0 Å². The molecular weight excluding hydrogens is 330 g/mol. The van der Waals surface area contributed by atoms with E-state index in [0.29, 0.717) is 0 Å². The van der Waals surface area contributed by atoms with Gasteiger partial charge in [0, 0.05) is 15.8 Å². The minimum absolute atomic E-state index is 0.148. The van der Waals surface area contributed by atoms with Gasteiger partial charge < -0.3 is 10.2 Å². The molecule has 2 atom stereocenters. The quantitative estimate of drug-likeness (QED) is 0.776. The molecule has 5 heteroatoms. The number of rotatable bonds is 5. The highest BCUT2D eigenvalue weighted by Gasteiger charge is 2.22. The molecule has 0 radical (unpaired) electrons. The molecule has 0 spiro atoms. The lowest BCUT2D eigenvalue weighted by Crippen LogP contribution is -2.25. The van der Waals surface area contributed by atoms with Crippen LogP contribution in [0.3, 0.4) is 0 Å². The molecule has 0 saturated carbocycles. The van der Waals surface area contributed by atoms with E-state index >= 15 is 0 Å². The molecule has 2 heterocycles. The van der Waals surface area contributed by atoms with E-state index in [1.807, 2.05) is 13.0 Å². The lowest BCUT2D eigenvalue weighted by molar-refractivity contribution is 0.526. The number of hydrogen-bond donors (Lipinski definition) is 1. The molecule has 0 aliphatic heterocycles. The molecule has 2 N–H and O–H groups in total. The second kappa shape index (κ2) is 6.28. The highest BCUT2D eigenvalue weighted by molar-refractivity contribution is 9.11. The van der Waals surface area contributed by atoms with Crippen molar-refractivity contribution >= 4 is 39.0 Å². The van der Waals surface area contributed by atoms with Crippen molar-refractivity contribution < 1.29 is 4.42 Å². The largest absolute Gasteiger partial charge is 0.468 e. The number of furan rings is 1. The Labute approximate surface area is 124 Å². The van der Waals surface area contributed by atoms with Gasteiger partial charge in [-0.3, -0.25) is 0 Å².